The topological polar surface area (TPSA) is 117 Å². The first-order valence-electron chi connectivity index (χ1n) is 10.2. The van der Waals surface area contributed by atoms with Crippen LogP contribution in [-0.2, 0) is 14.9 Å². The summed E-state index contributed by atoms with van der Waals surface area (Å²) in [6, 6.07) is 15.1. The van der Waals surface area contributed by atoms with E-state index >= 15 is 0 Å². The predicted octanol–water partition coefficient (Wildman–Crippen LogP) is 4.28. The molecule has 3 heterocycles. The summed E-state index contributed by atoms with van der Waals surface area (Å²) in [6.07, 6.45) is 3.20. The molecule has 162 valence electrons. The van der Waals surface area contributed by atoms with Crippen LogP contribution < -0.4 is 5.73 Å². The van der Waals surface area contributed by atoms with Crippen LogP contribution in [0.15, 0.2) is 65.4 Å². The minimum Gasteiger partial charge on any atom is -0.465 e. The van der Waals surface area contributed by atoms with Gasteiger partial charge in [0.25, 0.3) is 0 Å². The summed E-state index contributed by atoms with van der Waals surface area (Å²) in [5, 5.41) is 4.13. The zero-order valence-electron chi connectivity index (χ0n) is 18.1. The molecule has 0 atom stereocenters. The fourth-order valence-corrected chi connectivity index (χ4v) is 3.20. The molecule has 1 aromatic carbocycles. The maximum absolute atomic E-state index is 12.4. The Labute approximate surface area is 185 Å². The zero-order valence-corrected chi connectivity index (χ0v) is 18.1. The standard InChI is InChI=1S/C24H23N5O3/c1-4-31-23(30)24(2,3)20-12-16(10-11-26-20)18-14-27-22(25)21(28-18)19-13-17(29-32-19)15-8-6-5-7-9-15/h5-14H,4H2,1-3H3,(H2,25,27). The van der Waals surface area contributed by atoms with Gasteiger partial charge in [-0.05, 0) is 32.9 Å². The van der Waals surface area contributed by atoms with Crippen molar-refractivity contribution in [3.63, 3.8) is 0 Å². The Morgan fingerprint density at radius 1 is 1.06 bits per heavy atom. The fourth-order valence-electron chi connectivity index (χ4n) is 3.20. The molecular weight excluding hydrogens is 406 g/mol. The lowest BCUT2D eigenvalue weighted by Gasteiger charge is -2.22. The smallest absolute Gasteiger partial charge is 0.317 e. The Balaban J connectivity index is 1.70. The fraction of sp³-hybridized carbons (Fsp3) is 0.208. The van der Waals surface area contributed by atoms with Gasteiger partial charge in [0.2, 0.25) is 0 Å². The van der Waals surface area contributed by atoms with E-state index in [-0.39, 0.29) is 11.8 Å². The summed E-state index contributed by atoms with van der Waals surface area (Å²) in [4.78, 5) is 25.7. The first-order valence-corrected chi connectivity index (χ1v) is 10.2. The molecule has 4 rings (SSSR count). The molecule has 3 aromatic heterocycles. The van der Waals surface area contributed by atoms with E-state index in [9.17, 15) is 4.79 Å². The third-order valence-electron chi connectivity index (χ3n) is 5.10. The minimum atomic E-state index is -0.911. The number of esters is 1. The number of hydrogen-bond acceptors (Lipinski definition) is 8. The lowest BCUT2D eigenvalue weighted by Crippen LogP contribution is -2.32. The van der Waals surface area contributed by atoms with Crippen LogP contribution in [0.5, 0.6) is 0 Å². The first kappa shape index (κ1) is 21.2. The molecule has 4 aromatic rings. The average molecular weight is 429 g/mol. The molecule has 0 radical (unpaired) electrons. The van der Waals surface area contributed by atoms with Gasteiger partial charge in [-0.3, -0.25) is 9.78 Å². The van der Waals surface area contributed by atoms with Gasteiger partial charge in [0.1, 0.15) is 11.1 Å². The van der Waals surface area contributed by atoms with Crippen molar-refractivity contribution in [1.82, 2.24) is 20.1 Å². The Hall–Kier alpha value is -4.07. The maximum Gasteiger partial charge on any atom is 0.317 e. The van der Waals surface area contributed by atoms with Crippen LogP contribution in [0.1, 0.15) is 26.5 Å². The summed E-state index contributed by atoms with van der Waals surface area (Å²) in [7, 11) is 0. The van der Waals surface area contributed by atoms with E-state index in [4.69, 9.17) is 15.0 Å². The van der Waals surface area contributed by atoms with E-state index in [2.05, 4.69) is 20.1 Å². The van der Waals surface area contributed by atoms with Gasteiger partial charge >= 0.3 is 5.97 Å². The highest BCUT2D eigenvalue weighted by Gasteiger charge is 2.33. The second-order valence-electron chi connectivity index (χ2n) is 7.71. The van der Waals surface area contributed by atoms with Crippen LogP contribution in [0.3, 0.4) is 0 Å². The predicted molar refractivity (Wildman–Crippen MR) is 120 cm³/mol. The highest BCUT2D eigenvalue weighted by atomic mass is 16.5. The van der Waals surface area contributed by atoms with Gasteiger partial charge in [0, 0.05) is 23.4 Å². The highest BCUT2D eigenvalue weighted by Crippen LogP contribution is 2.31. The Bertz CT molecular complexity index is 1250. The Morgan fingerprint density at radius 3 is 2.59 bits per heavy atom. The van der Waals surface area contributed by atoms with Crippen molar-refractivity contribution in [2.45, 2.75) is 26.2 Å². The largest absolute Gasteiger partial charge is 0.465 e. The van der Waals surface area contributed by atoms with Gasteiger partial charge < -0.3 is 15.0 Å². The van der Waals surface area contributed by atoms with E-state index < -0.39 is 5.41 Å². The van der Waals surface area contributed by atoms with Crippen LogP contribution in [0.2, 0.25) is 0 Å². The summed E-state index contributed by atoms with van der Waals surface area (Å²) < 4.78 is 10.7. The van der Waals surface area contributed by atoms with Gasteiger partial charge in [0.05, 0.1) is 24.2 Å². The molecule has 0 saturated carbocycles. The number of nitrogens with two attached hydrogens (primary N) is 1. The molecule has 8 nitrogen and oxygen atoms in total. The molecule has 0 saturated heterocycles. The van der Waals surface area contributed by atoms with Crippen molar-refractivity contribution < 1.29 is 14.1 Å². The van der Waals surface area contributed by atoms with E-state index in [0.29, 0.717) is 35.1 Å². The molecule has 0 fully saturated rings. The van der Waals surface area contributed by atoms with Crippen molar-refractivity contribution in [1.29, 1.82) is 0 Å². The normalized spacial score (nSPS) is 11.3. The number of anilines is 1. The molecule has 2 N–H and O–H groups in total. The summed E-state index contributed by atoms with van der Waals surface area (Å²) in [5.74, 6) is 0.298. The monoisotopic (exact) mass is 429 g/mol. The number of carbonyl (C=O) groups is 1. The number of rotatable bonds is 6. The molecule has 0 amide bonds. The number of carbonyl (C=O) groups excluding carboxylic acids is 1. The molecule has 0 aliphatic heterocycles. The zero-order chi connectivity index (χ0) is 22.7. The van der Waals surface area contributed by atoms with Crippen LogP contribution in [0.4, 0.5) is 5.82 Å². The summed E-state index contributed by atoms with van der Waals surface area (Å²) in [6.45, 7) is 5.63. The average Bonchev–Trinajstić information content (AvgIpc) is 3.30. The second-order valence-corrected chi connectivity index (χ2v) is 7.71. The summed E-state index contributed by atoms with van der Waals surface area (Å²) >= 11 is 0. The lowest BCUT2D eigenvalue weighted by molar-refractivity contribution is -0.148. The molecule has 0 spiro atoms. The number of nitrogen functional groups attached to an aromatic ring is 1. The van der Waals surface area contributed by atoms with Gasteiger partial charge in [-0.25, -0.2) is 9.97 Å². The van der Waals surface area contributed by atoms with E-state index in [1.807, 2.05) is 30.3 Å². The molecule has 0 aliphatic carbocycles. The van der Waals surface area contributed by atoms with E-state index in [1.165, 1.54) is 0 Å². The third-order valence-corrected chi connectivity index (χ3v) is 5.10. The van der Waals surface area contributed by atoms with Crippen molar-refractivity contribution >= 4 is 11.8 Å². The number of hydrogen-bond donors (Lipinski definition) is 1. The van der Waals surface area contributed by atoms with Crippen LogP contribution in [0, 0.1) is 0 Å². The molecule has 0 bridgehead atoms. The molecule has 32 heavy (non-hydrogen) atoms. The molecule has 0 unspecified atom stereocenters. The van der Waals surface area contributed by atoms with Gasteiger partial charge in [-0.1, -0.05) is 35.5 Å². The van der Waals surface area contributed by atoms with Crippen LogP contribution in [0.25, 0.3) is 34.0 Å². The van der Waals surface area contributed by atoms with E-state index in [1.54, 1.807) is 51.4 Å². The number of benzene rings is 1. The van der Waals surface area contributed by atoms with Crippen molar-refractivity contribution in [3.05, 3.63) is 66.6 Å². The lowest BCUT2D eigenvalue weighted by atomic mass is 9.88. The number of ether oxygens (including phenoxy) is 1. The van der Waals surface area contributed by atoms with Crippen molar-refractivity contribution in [2.75, 3.05) is 12.3 Å². The Kier molecular flexibility index (Phi) is 5.68. The second kappa shape index (κ2) is 8.58. The Morgan fingerprint density at radius 2 is 1.84 bits per heavy atom. The van der Waals surface area contributed by atoms with Gasteiger partial charge in [-0.2, -0.15) is 0 Å². The van der Waals surface area contributed by atoms with Crippen LogP contribution in [-0.4, -0.2) is 32.7 Å². The number of nitrogens with zero attached hydrogens (tertiary/aromatic N) is 4. The number of aromatic nitrogens is 4. The minimum absolute atomic E-state index is 0.227. The quantitative estimate of drug-likeness (QED) is 0.451. The maximum atomic E-state index is 12.4. The van der Waals surface area contributed by atoms with E-state index in [0.717, 1.165) is 11.1 Å². The van der Waals surface area contributed by atoms with Crippen molar-refractivity contribution in [3.8, 4) is 34.0 Å². The van der Waals surface area contributed by atoms with Gasteiger partial charge in [-0.15, -0.1) is 0 Å². The highest BCUT2D eigenvalue weighted by molar-refractivity contribution is 5.82. The van der Waals surface area contributed by atoms with Gasteiger partial charge in [0.15, 0.2) is 17.3 Å². The number of pyridine rings is 1. The first-order chi connectivity index (χ1) is 15.4. The van der Waals surface area contributed by atoms with Crippen LogP contribution >= 0.6 is 0 Å². The summed E-state index contributed by atoms with van der Waals surface area (Å²) in [5.41, 5.74) is 9.03. The van der Waals surface area contributed by atoms with Crippen molar-refractivity contribution in [2.24, 2.45) is 0 Å². The molecule has 8 heteroatoms. The third kappa shape index (κ3) is 4.07. The molecule has 0 aliphatic rings. The molecular formula is C24H23N5O3. The SMILES string of the molecule is CCOC(=O)C(C)(C)c1cc(-c2cnc(N)c(-c3cc(-c4ccccc4)no3)n2)ccn1.